The smallest absolute Gasteiger partial charge is 0.196 e. The summed E-state index contributed by atoms with van der Waals surface area (Å²) in [5.41, 5.74) is 2.87. The molecule has 0 fully saturated rings. The molecule has 0 radical (unpaired) electrons. The number of likely N-dealkylation sites (N-methyl/N-ethyl adjacent to an activating group) is 1. The fourth-order valence-electron chi connectivity index (χ4n) is 2.65. The number of ketones is 1. The predicted molar refractivity (Wildman–Crippen MR) is 70.4 cm³/mol. The van der Waals surface area contributed by atoms with E-state index >= 15 is 0 Å². The van der Waals surface area contributed by atoms with Crippen molar-refractivity contribution in [2.75, 3.05) is 21.2 Å². The van der Waals surface area contributed by atoms with Crippen LogP contribution in [-0.2, 0) is 6.42 Å². The van der Waals surface area contributed by atoms with Gasteiger partial charge < -0.3 is 9.72 Å². The average molecular weight is 244 g/mol. The fraction of sp³-hybridized carbons (Fsp3) is 0.357. The van der Waals surface area contributed by atoms with Gasteiger partial charge in [-0.15, -0.1) is 0 Å². The SMILES string of the molecule is COc1ccc2c3c([nH]c2c1)C(=O)C(N(C)C)C3. The third-order valence-corrected chi connectivity index (χ3v) is 3.68. The minimum absolute atomic E-state index is 0.0299. The van der Waals surface area contributed by atoms with Crippen molar-refractivity contribution in [2.24, 2.45) is 0 Å². The first-order valence-corrected chi connectivity index (χ1v) is 6.01. The van der Waals surface area contributed by atoms with E-state index in [4.69, 9.17) is 4.74 Å². The Bertz CT molecular complexity index is 628. The van der Waals surface area contributed by atoms with E-state index in [1.165, 1.54) is 0 Å². The molecule has 1 unspecified atom stereocenters. The van der Waals surface area contributed by atoms with Crippen molar-refractivity contribution < 1.29 is 9.53 Å². The summed E-state index contributed by atoms with van der Waals surface area (Å²) in [6.07, 6.45) is 0.785. The van der Waals surface area contributed by atoms with Crippen molar-refractivity contribution >= 4 is 16.7 Å². The van der Waals surface area contributed by atoms with E-state index in [1.54, 1.807) is 7.11 Å². The molecule has 18 heavy (non-hydrogen) atoms. The molecule has 0 amide bonds. The van der Waals surface area contributed by atoms with Crippen molar-refractivity contribution in [1.29, 1.82) is 0 Å². The zero-order valence-electron chi connectivity index (χ0n) is 10.8. The number of rotatable bonds is 2. The first-order chi connectivity index (χ1) is 8.61. The zero-order chi connectivity index (χ0) is 12.9. The fourth-order valence-corrected chi connectivity index (χ4v) is 2.65. The van der Waals surface area contributed by atoms with Gasteiger partial charge in [-0.1, -0.05) is 0 Å². The summed E-state index contributed by atoms with van der Waals surface area (Å²) in [5, 5.41) is 1.13. The van der Waals surface area contributed by atoms with Gasteiger partial charge in [0, 0.05) is 17.0 Å². The Hall–Kier alpha value is -1.81. The number of methoxy groups -OCH3 is 1. The summed E-state index contributed by atoms with van der Waals surface area (Å²) in [4.78, 5) is 17.5. The van der Waals surface area contributed by atoms with Crippen LogP contribution in [-0.4, -0.2) is 42.9 Å². The topological polar surface area (TPSA) is 45.3 Å². The van der Waals surface area contributed by atoms with Crippen LogP contribution in [0.15, 0.2) is 18.2 Å². The highest BCUT2D eigenvalue weighted by Crippen LogP contribution is 2.33. The van der Waals surface area contributed by atoms with Crippen LogP contribution < -0.4 is 4.74 Å². The van der Waals surface area contributed by atoms with Gasteiger partial charge in [-0.25, -0.2) is 0 Å². The Labute approximate surface area is 106 Å². The summed E-state index contributed by atoms with van der Waals surface area (Å²) < 4.78 is 5.20. The van der Waals surface area contributed by atoms with Crippen LogP contribution in [0.4, 0.5) is 0 Å². The molecule has 4 nitrogen and oxygen atoms in total. The molecular weight excluding hydrogens is 228 g/mol. The van der Waals surface area contributed by atoms with Crippen LogP contribution in [0.3, 0.4) is 0 Å². The number of hydrogen-bond donors (Lipinski definition) is 1. The molecular formula is C14H16N2O2. The molecule has 2 aromatic rings. The third kappa shape index (κ3) is 1.46. The summed E-state index contributed by atoms with van der Waals surface area (Å²) in [6.45, 7) is 0. The van der Waals surface area contributed by atoms with E-state index in [-0.39, 0.29) is 11.8 Å². The molecule has 0 saturated heterocycles. The van der Waals surface area contributed by atoms with Crippen LogP contribution in [0, 0.1) is 0 Å². The van der Waals surface area contributed by atoms with Gasteiger partial charge in [0.25, 0.3) is 0 Å². The Morgan fingerprint density at radius 1 is 1.39 bits per heavy atom. The lowest BCUT2D eigenvalue weighted by Crippen LogP contribution is -2.33. The lowest BCUT2D eigenvalue weighted by molar-refractivity contribution is 0.0893. The number of H-pyrrole nitrogens is 1. The van der Waals surface area contributed by atoms with Crippen LogP contribution in [0.5, 0.6) is 5.75 Å². The number of fused-ring (bicyclic) bond motifs is 3. The predicted octanol–water partition coefficient (Wildman–Crippen LogP) is 1.85. The van der Waals surface area contributed by atoms with E-state index in [1.807, 2.05) is 37.2 Å². The van der Waals surface area contributed by atoms with Gasteiger partial charge in [-0.05, 0) is 38.2 Å². The minimum Gasteiger partial charge on any atom is -0.497 e. The van der Waals surface area contributed by atoms with Gasteiger partial charge in [0.1, 0.15) is 5.75 Å². The van der Waals surface area contributed by atoms with E-state index in [0.29, 0.717) is 0 Å². The highest BCUT2D eigenvalue weighted by molar-refractivity contribution is 6.08. The molecule has 1 aromatic heterocycles. The van der Waals surface area contributed by atoms with E-state index in [9.17, 15) is 4.79 Å². The number of nitrogens with zero attached hydrogens (tertiary/aromatic N) is 1. The van der Waals surface area contributed by atoms with E-state index in [0.717, 1.165) is 34.3 Å². The summed E-state index contributed by atoms with van der Waals surface area (Å²) in [5.74, 6) is 0.990. The Morgan fingerprint density at radius 2 is 2.17 bits per heavy atom. The van der Waals surface area contributed by atoms with Crippen LogP contribution in [0.2, 0.25) is 0 Å². The zero-order valence-corrected chi connectivity index (χ0v) is 10.8. The first kappa shape index (κ1) is 11.3. The Balaban J connectivity index is 2.13. The number of benzene rings is 1. The molecule has 1 atom stereocenters. The minimum atomic E-state index is -0.0299. The van der Waals surface area contributed by atoms with E-state index < -0.39 is 0 Å². The highest BCUT2D eigenvalue weighted by atomic mass is 16.5. The lowest BCUT2D eigenvalue weighted by atomic mass is 10.1. The molecule has 0 aliphatic heterocycles. The molecule has 1 aliphatic carbocycles. The molecule has 0 bridgehead atoms. The van der Waals surface area contributed by atoms with Gasteiger partial charge in [-0.3, -0.25) is 9.69 Å². The van der Waals surface area contributed by atoms with Crippen LogP contribution in [0.1, 0.15) is 16.1 Å². The second kappa shape index (κ2) is 3.85. The number of hydrogen-bond acceptors (Lipinski definition) is 3. The molecule has 1 aromatic carbocycles. The van der Waals surface area contributed by atoms with Gasteiger partial charge >= 0.3 is 0 Å². The number of carbonyl (C=O) groups excluding carboxylic acids is 1. The molecule has 4 heteroatoms. The number of aromatic nitrogens is 1. The molecule has 1 aliphatic rings. The van der Waals surface area contributed by atoms with Gasteiger partial charge in [0.2, 0.25) is 0 Å². The van der Waals surface area contributed by atoms with Crippen molar-refractivity contribution in [3.63, 3.8) is 0 Å². The van der Waals surface area contributed by atoms with Crippen LogP contribution in [0.25, 0.3) is 10.9 Å². The molecule has 3 rings (SSSR count). The second-order valence-electron chi connectivity index (χ2n) is 4.94. The number of Topliss-reactive ketones (excluding diaryl/α,β-unsaturated/α-hetero) is 1. The normalized spacial score (nSPS) is 18.7. The van der Waals surface area contributed by atoms with Crippen molar-refractivity contribution in [2.45, 2.75) is 12.5 Å². The maximum Gasteiger partial charge on any atom is 0.196 e. The van der Waals surface area contributed by atoms with Gasteiger partial charge in [0.05, 0.1) is 18.8 Å². The van der Waals surface area contributed by atoms with Crippen molar-refractivity contribution in [3.05, 3.63) is 29.5 Å². The maximum atomic E-state index is 12.3. The van der Waals surface area contributed by atoms with Crippen molar-refractivity contribution in [1.82, 2.24) is 9.88 Å². The maximum absolute atomic E-state index is 12.3. The monoisotopic (exact) mass is 244 g/mol. The molecule has 1 N–H and O–H groups in total. The second-order valence-corrected chi connectivity index (χ2v) is 4.94. The van der Waals surface area contributed by atoms with Crippen LogP contribution >= 0.6 is 0 Å². The lowest BCUT2D eigenvalue weighted by Gasteiger charge is -2.16. The summed E-state index contributed by atoms with van der Waals surface area (Å²) in [7, 11) is 5.53. The number of carbonyl (C=O) groups is 1. The summed E-state index contributed by atoms with van der Waals surface area (Å²) >= 11 is 0. The number of nitrogens with one attached hydrogen (secondary N) is 1. The Kier molecular flexibility index (Phi) is 2.41. The summed E-state index contributed by atoms with van der Waals surface area (Å²) in [6, 6.07) is 5.86. The standard InChI is InChI=1S/C14H16N2O2/c1-16(2)12-7-10-9-5-4-8(18-3)6-11(9)15-13(10)14(12)17/h4-6,12,15H,7H2,1-3H3. The third-order valence-electron chi connectivity index (χ3n) is 3.68. The Morgan fingerprint density at radius 3 is 2.83 bits per heavy atom. The van der Waals surface area contributed by atoms with Crippen molar-refractivity contribution in [3.8, 4) is 5.75 Å². The number of ether oxygens (including phenoxy) is 1. The molecule has 94 valence electrons. The van der Waals surface area contributed by atoms with Gasteiger partial charge in [0.15, 0.2) is 5.78 Å². The molecule has 1 heterocycles. The quantitative estimate of drug-likeness (QED) is 0.876. The van der Waals surface area contributed by atoms with E-state index in [2.05, 4.69) is 4.98 Å². The first-order valence-electron chi connectivity index (χ1n) is 6.01. The van der Waals surface area contributed by atoms with Gasteiger partial charge in [-0.2, -0.15) is 0 Å². The largest absolute Gasteiger partial charge is 0.497 e. The molecule has 0 saturated carbocycles. The highest BCUT2D eigenvalue weighted by Gasteiger charge is 2.34. The molecule has 0 spiro atoms. The average Bonchev–Trinajstić information content (AvgIpc) is 2.86. The number of aromatic amines is 1.